The molecule has 2 aliphatic rings. The Kier molecular flexibility index (Phi) is 4.41. The number of ether oxygens (including phenoxy) is 1. The van der Waals surface area contributed by atoms with Crippen molar-refractivity contribution in [2.45, 2.75) is 6.04 Å². The summed E-state index contributed by atoms with van der Waals surface area (Å²) in [5.74, 6) is -0.199. The Morgan fingerprint density at radius 3 is 2.84 bits per heavy atom. The molecule has 3 amide bonds. The maximum atomic E-state index is 12.8. The number of likely N-dealkylation sites (N-methyl/N-ethyl adjacent to an activating group) is 1. The first-order valence-electron chi connectivity index (χ1n) is 7.74. The molecule has 0 spiro atoms. The summed E-state index contributed by atoms with van der Waals surface area (Å²) in [5, 5.41) is 13.8. The molecule has 0 unspecified atom stereocenters. The van der Waals surface area contributed by atoms with Crippen molar-refractivity contribution < 1.29 is 19.2 Å². The van der Waals surface area contributed by atoms with Crippen molar-refractivity contribution in [1.82, 2.24) is 15.1 Å². The number of nitro groups is 1. The summed E-state index contributed by atoms with van der Waals surface area (Å²) >= 11 is 0. The molecule has 2 heterocycles. The van der Waals surface area contributed by atoms with E-state index >= 15 is 0 Å². The molecule has 1 aromatic rings. The van der Waals surface area contributed by atoms with Gasteiger partial charge in [-0.2, -0.15) is 0 Å². The van der Waals surface area contributed by atoms with E-state index in [2.05, 4.69) is 5.32 Å². The van der Waals surface area contributed by atoms with Gasteiger partial charge in [-0.1, -0.05) is 12.1 Å². The van der Waals surface area contributed by atoms with Crippen LogP contribution in [0.15, 0.2) is 35.5 Å². The van der Waals surface area contributed by atoms with Gasteiger partial charge in [-0.25, -0.2) is 4.79 Å². The fraction of sp³-hybridized carbons (Fsp3) is 0.375. The lowest BCUT2D eigenvalue weighted by atomic mass is 9.95. The Balaban J connectivity index is 1.99. The Morgan fingerprint density at radius 2 is 2.16 bits per heavy atom. The normalized spacial score (nSPS) is 20.0. The van der Waals surface area contributed by atoms with Gasteiger partial charge in [0.2, 0.25) is 0 Å². The predicted molar refractivity (Wildman–Crippen MR) is 87.6 cm³/mol. The van der Waals surface area contributed by atoms with Gasteiger partial charge < -0.3 is 15.0 Å². The zero-order valence-electron chi connectivity index (χ0n) is 13.9. The van der Waals surface area contributed by atoms with E-state index in [1.807, 2.05) is 0 Å². The van der Waals surface area contributed by atoms with Gasteiger partial charge in [0.15, 0.2) is 0 Å². The smallest absolute Gasteiger partial charge is 0.322 e. The number of benzene rings is 1. The topological polar surface area (TPSA) is 105 Å². The quantitative estimate of drug-likeness (QED) is 0.633. The largest absolute Gasteiger partial charge is 0.383 e. The highest BCUT2D eigenvalue weighted by molar-refractivity contribution is 6.01. The zero-order valence-corrected chi connectivity index (χ0v) is 13.9. The fourth-order valence-electron chi connectivity index (χ4n) is 3.07. The van der Waals surface area contributed by atoms with Crippen LogP contribution in [0, 0.1) is 10.1 Å². The molecule has 0 bridgehead atoms. The number of nitro benzene ring substituents is 1. The number of nitrogens with zero attached hydrogens (tertiary/aromatic N) is 3. The van der Waals surface area contributed by atoms with Crippen LogP contribution in [0.1, 0.15) is 11.6 Å². The summed E-state index contributed by atoms with van der Waals surface area (Å²) < 4.78 is 5.02. The monoisotopic (exact) mass is 346 g/mol. The van der Waals surface area contributed by atoms with Crippen molar-refractivity contribution in [3.8, 4) is 0 Å². The molecule has 2 aliphatic heterocycles. The number of hydrogen-bond donors (Lipinski definition) is 1. The van der Waals surface area contributed by atoms with Gasteiger partial charge in [-0.15, -0.1) is 0 Å². The SMILES string of the molecule is COCCN1CC2=C(C1=O)[C@@H](c1cccc([N+](=O)[O-])c1)NC(=O)N2C. The summed E-state index contributed by atoms with van der Waals surface area (Å²) in [5.41, 5.74) is 1.47. The first-order valence-corrected chi connectivity index (χ1v) is 7.74. The molecule has 0 saturated carbocycles. The third kappa shape index (κ3) is 2.93. The van der Waals surface area contributed by atoms with E-state index in [1.54, 1.807) is 31.2 Å². The fourth-order valence-corrected chi connectivity index (χ4v) is 3.07. The molecule has 0 fully saturated rings. The maximum absolute atomic E-state index is 12.8. The minimum atomic E-state index is -0.710. The number of hydrogen-bond acceptors (Lipinski definition) is 5. The van der Waals surface area contributed by atoms with Gasteiger partial charge in [0.1, 0.15) is 0 Å². The van der Waals surface area contributed by atoms with Crippen LogP contribution in [-0.2, 0) is 9.53 Å². The van der Waals surface area contributed by atoms with E-state index in [4.69, 9.17) is 4.74 Å². The third-order valence-electron chi connectivity index (χ3n) is 4.41. The number of amides is 3. The Bertz CT molecular complexity index is 776. The van der Waals surface area contributed by atoms with Crippen molar-refractivity contribution in [1.29, 1.82) is 0 Å². The van der Waals surface area contributed by atoms with Crippen molar-refractivity contribution >= 4 is 17.6 Å². The number of non-ortho nitro benzene ring substituents is 1. The lowest BCUT2D eigenvalue weighted by molar-refractivity contribution is -0.384. The molecule has 1 N–H and O–H groups in total. The highest BCUT2D eigenvalue weighted by Crippen LogP contribution is 2.36. The molecule has 0 aliphatic carbocycles. The van der Waals surface area contributed by atoms with Gasteiger partial charge in [-0.05, 0) is 5.56 Å². The number of carbonyl (C=O) groups excluding carboxylic acids is 2. The summed E-state index contributed by atoms with van der Waals surface area (Å²) in [4.78, 5) is 38.6. The molecule has 9 heteroatoms. The highest BCUT2D eigenvalue weighted by atomic mass is 16.6. The summed E-state index contributed by atoms with van der Waals surface area (Å²) in [6, 6.07) is 4.90. The average Bonchev–Trinajstić information content (AvgIpc) is 2.93. The van der Waals surface area contributed by atoms with Gasteiger partial charge in [0, 0.05) is 32.8 Å². The van der Waals surface area contributed by atoms with Crippen LogP contribution in [-0.4, -0.2) is 60.5 Å². The standard InChI is InChI=1S/C16H18N4O5/c1-18-12-9-19(6-7-25-2)15(21)13(12)14(17-16(18)22)10-4-3-5-11(8-10)20(23)24/h3-5,8,14H,6-7,9H2,1-2H3,(H,17,22)/t14-/m1/s1. The van der Waals surface area contributed by atoms with Gasteiger partial charge in [0.25, 0.3) is 11.6 Å². The number of urea groups is 1. The third-order valence-corrected chi connectivity index (χ3v) is 4.41. The van der Waals surface area contributed by atoms with E-state index in [9.17, 15) is 19.7 Å². The van der Waals surface area contributed by atoms with Crippen molar-refractivity contribution in [3.05, 3.63) is 51.2 Å². The number of methoxy groups -OCH3 is 1. The van der Waals surface area contributed by atoms with Crippen LogP contribution in [0.3, 0.4) is 0 Å². The van der Waals surface area contributed by atoms with Crippen LogP contribution < -0.4 is 5.32 Å². The minimum Gasteiger partial charge on any atom is -0.383 e. The minimum absolute atomic E-state index is 0.0884. The van der Waals surface area contributed by atoms with Gasteiger partial charge >= 0.3 is 6.03 Å². The number of nitrogens with one attached hydrogen (secondary N) is 1. The molecule has 9 nitrogen and oxygen atoms in total. The Hall–Kier alpha value is -2.94. The molecular weight excluding hydrogens is 328 g/mol. The second-order valence-electron chi connectivity index (χ2n) is 5.87. The molecule has 0 aromatic heterocycles. The van der Waals surface area contributed by atoms with E-state index in [0.29, 0.717) is 36.5 Å². The van der Waals surface area contributed by atoms with E-state index < -0.39 is 11.0 Å². The second-order valence-corrected chi connectivity index (χ2v) is 5.87. The summed E-state index contributed by atoms with van der Waals surface area (Å²) in [6.45, 7) is 1.11. The first-order chi connectivity index (χ1) is 11.9. The van der Waals surface area contributed by atoms with Crippen LogP contribution in [0.5, 0.6) is 0 Å². The van der Waals surface area contributed by atoms with Crippen LogP contribution in [0.25, 0.3) is 0 Å². The van der Waals surface area contributed by atoms with Crippen LogP contribution >= 0.6 is 0 Å². The van der Waals surface area contributed by atoms with Crippen molar-refractivity contribution in [2.24, 2.45) is 0 Å². The zero-order chi connectivity index (χ0) is 18.1. The molecule has 3 rings (SSSR count). The van der Waals surface area contributed by atoms with Crippen molar-refractivity contribution in [2.75, 3.05) is 33.9 Å². The Labute approximate surface area is 144 Å². The first kappa shape index (κ1) is 16.9. The molecule has 0 radical (unpaired) electrons. The average molecular weight is 346 g/mol. The highest BCUT2D eigenvalue weighted by Gasteiger charge is 2.42. The van der Waals surface area contributed by atoms with Gasteiger partial charge in [-0.3, -0.25) is 19.8 Å². The molecular formula is C16H18N4O5. The van der Waals surface area contributed by atoms with Crippen LogP contribution in [0.4, 0.5) is 10.5 Å². The molecule has 25 heavy (non-hydrogen) atoms. The molecule has 0 saturated heterocycles. The van der Waals surface area contributed by atoms with E-state index in [0.717, 1.165) is 0 Å². The van der Waals surface area contributed by atoms with Gasteiger partial charge in [0.05, 0.1) is 35.4 Å². The molecule has 1 aromatic carbocycles. The molecule has 132 valence electrons. The van der Waals surface area contributed by atoms with E-state index in [1.165, 1.54) is 17.0 Å². The lowest BCUT2D eigenvalue weighted by Gasteiger charge is -2.31. The van der Waals surface area contributed by atoms with Crippen molar-refractivity contribution in [3.63, 3.8) is 0 Å². The number of rotatable bonds is 5. The lowest BCUT2D eigenvalue weighted by Crippen LogP contribution is -2.45. The van der Waals surface area contributed by atoms with E-state index in [-0.39, 0.29) is 17.6 Å². The maximum Gasteiger partial charge on any atom is 0.322 e. The summed E-state index contributed by atoms with van der Waals surface area (Å²) in [7, 11) is 3.15. The molecule has 1 atom stereocenters. The second kappa shape index (κ2) is 6.52. The Morgan fingerprint density at radius 1 is 1.40 bits per heavy atom. The predicted octanol–water partition coefficient (Wildman–Crippen LogP) is 1.03. The summed E-state index contributed by atoms with van der Waals surface area (Å²) in [6.07, 6.45) is 0. The number of carbonyl (C=O) groups is 2. The van der Waals surface area contributed by atoms with Crippen LogP contribution in [0.2, 0.25) is 0 Å².